The van der Waals surface area contributed by atoms with Crippen molar-refractivity contribution in [3.63, 3.8) is 0 Å². The lowest BCUT2D eigenvalue weighted by molar-refractivity contribution is -0.145. The highest BCUT2D eigenvalue weighted by atomic mass is 35.5. The third-order valence-electron chi connectivity index (χ3n) is 3.25. The van der Waals surface area contributed by atoms with Gasteiger partial charge in [0, 0.05) is 12.6 Å². The molecule has 2 atom stereocenters. The van der Waals surface area contributed by atoms with Gasteiger partial charge < -0.3 is 15.2 Å². The molecule has 2 rings (SSSR count). The van der Waals surface area contributed by atoms with E-state index >= 15 is 0 Å². The summed E-state index contributed by atoms with van der Waals surface area (Å²) in [6.07, 6.45) is -0.148. The number of esters is 1. The third kappa shape index (κ3) is 4.34. The van der Waals surface area contributed by atoms with Crippen molar-refractivity contribution in [3.8, 4) is 0 Å². The lowest BCUT2D eigenvalue weighted by Crippen LogP contribution is -2.41. The number of nitrogens with two attached hydrogens (primary N) is 1. The lowest BCUT2D eigenvalue weighted by atomic mass is 10.2. The second-order valence-electron chi connectivity index (χ2n) is 4.73. The number of likely N-dealkylation sites (tertiary alicyclic amines) is 1. The minimum atomic E-state index is -0.654. The van der Waals surface area contributed by atoms with E-state index in [9.17, 15) is 9.59 Å². The van der Waals surface area contributed by atoms with E-state index < -0.39 is 18.1 Å². The van der Waals surface area contributed by atoms with Gasteiger partial charge in [-0.15, -0.1) is 12.4 Å². The van der Waals surface area contributed by atoms with E-state index in [-0.39, 0.29) is 25.1 Å². The predicted octanol–water partition coefficient (Wildman–Crippen LogP) is 1.32. The van der Waals surface area contributed by atoms with Crippen LogP contribution in [0.2, 0.25) is 0 Å². The van der Waals surface area contributed by atoms with E-state index in [0.29, 0.717) is 13.0 Å². The summed E-state index contributed by atoms with van der Waals surface area (Å²) in [6, 6.07) is 8.46. The van der Waals surface area contributed by atoms with Gasteiger partial charge in [-0.2, -0.15) is 0 Å². The number of carbonyl (C=O) groups excluding carboxylic acids is 2. The van der Waals surface area contributed by atoms with Gasteiger partial charge in [0.1, 0.15) is 12.6 Å². The number of nitrogens with zero attached hydrogens (tertiary/aromatic N) is 1. The molecular weight excluding hydrogens is 296 g/mol. The van der Waals surface area contributed by atoms with Crippen LogP contribution < -0.4 is 5.73 Å². The Bertz CT molecular complexity index is 483. The summed E-state index contributed by atoms with van der Waals surface area (Å²) in [6.45, 7) is 0.465. The van der Waals surface area contributed by atoms with Crippen LogP contribution in [-0.2, 0) is 20.9 Å². The molecule has 7 heteroatoms. The zero-order chi connectivity index (χ0) is 14.5. The summed E-state index contributed by atoms with van der Waals surface area (Å²) >= 11 is 0. The molecule has 1 fully saturated rings. The van der Waals surface area contributed by atoms with Gasteiger partial charge in [-0.1, -0.05) is 30.3 Å². The number of ether oxygens (including phenoxy) is 2. The Morgan fingerprint density at radius 1 is 1.33 bits per heavy atom. The Labute approximate surface area is 129 Å². The molecule has 0 bridgehead atoms. The zero-order valence-corrected chi connectivity index (χ0v) is 12.5. The van der Waals surface area contributed by atoms with Gasteiger partial charge in [0.25, 0.3) is 0 Å². The molecule has 1 heterocycles. The Morgan fingerprint density at radius 2 is 2.00 bits per heavy atom. The highest BCUT2D eigenvalue weighted by Crippen LogP contribution is 2.19. The minimum Gasteiger partial charge on any atom is -0.467 e. The van der Waals surface area contributed by atoms with E-state index in [4.69, 9.17) is 10.5 Å². The standard InChI is InChI=1S/C14H18N2O4.ClH/c1-19-13(17)12-7-11(15)8-16(12)14(18)20-9-10-5-3-2-4-6-10;/h2-6,11-12H,7-9,15H2,1H3;1H/t11-,12-;/m1./s1. The number of halogens is 1. The van der Waals surface area contributed by atoms with Crippen molar-refractivity contribution in [2.45, 2.75) is 25.1 Å². The zero-order valence-electron chi connectivity index (χ0n) is 11.7. The SMILES string of the molecule is COC(=O)[C@H]1C[C@@H](N)CN1C(=O)OCc1ccccc1.Cl. The van der Waals surface area contributed by atoms with Crippen LogP contribution in [0.1, 0.15) is 12.0 Å². The van der Waals surface area contributed by atoms with Crippen LogP contribution in [0.15, 0.2) is 30.3 Å². The molecule has 2 N–H and O–H groups in total. The maximum absolute atomic E-state index is 12.0. The summed E-state index contributed by atoms with van der Waals surface area (Å²) < 4.78 is 9.89. The Morgan fingerprint density at radius 3 is 2.62 bits per heavy atom. The first-order valence-corrected chi connectivity index (χ1v) is 6.42. The summed E-state index contributed by atoms with van der Waals surface area (Å²) in [5.41, 5.74) is 6.68. The fourth-order valence-corrected chi connectivity index (χ4v) is 2.23. The monoisotopic (exact) mass is 314 g/mol. The maximum Gasteiger partial charge on any atom is 0.410 e. The van der Waals surface area contributed by atoms with Gasteiger partial charge in [0.05, 0.1) is 7.11 Å². The smallest absolute Gasteiger partial charge is 0.410 e. The summed E-state index contributed by atoms with van der Waals surface area (Å²) in [7, 11) is 1.29. The van der Waals surface area contributed by atoms with E-state index in [1.54, 1.807) is 0 Å². The molecule has 1 saturated heterocycles. The van der Waals surface area contributed by atoms with Gasteiger partial charge >= 0.3 is 12.1 Å². The topological polar surface area (TPSA) is 81.9 Å². The van der Waals surface area contributed by atoms with E-state index in [2.05, 4.69) is 4.74 Å². The Balaban J connectivity index is 0.00000220. The highest BCUT2D eigenvalue weighted by Gasteiger charge is 2.39. The second kappa shape index (κ2) is 7.85. The van der Waals surface area contributed by atoms with Crippen LogP contribution in [0.5, 0.6) is 0 Å². The first kappa shape index (κ1) is 17.3. The molecule has 21 heavy (non-hydrogen) atoms. The fraction of sp³-hybridized carbons (Fsp3) is 0.429. The molecule has 1 aromatic rings. The van der Waals surface area contributed by atoms with Crippen LogP contribution in [-0.4, -0.2) is 42.7 Å². The van der Waals surface area contributed by atoms with Crippen molar-refractivity contribution >= 4 is 24.5 Å². The minimum absolute atomic E-state index is 0. The molecular formula is C14H19ClN2O4. The normalized spacial score (nSPS) is 20.6. The van der Waals surface area contributed by atoms with E-state index in [1.165, 1.54) is 12.0 Å². The van der Waals surface area contributed by atoms with Crippen LogP contribution >= 0.6 is 12.4 Å². The van der Waals surface area contributed by atoms with Gasteiger partial charge in [0.15, 0.2) is 0 Å². The van der Waals surface area contributed by atoms with E-state index in [0.717, 1.165) is 5.56 Å². The summed E-state index contributed by atoms with van der Waals surface area (Å²) in [4.78, 5) is 25.0. The molecule has 1 aromatic carbocycles. The molecule has 0 radical (unpaired) electrons. The van der Waals surface area contributed by atoms with Gasteiger partial charge in [0.2, 0.25) is 0 Å². The average Bonchev–Trinajstić information content (AvgIpc) is 2.87. The number of hydrogen-bond acceptors (Lipinski definition) is 5. The van der Waals surface area contributed by atoms with Gasteiger partial charge in [-0.05, 0) is 12.0 Å². The van der Waals surface area contributed by atoms with E-state index in [1.807, 2.05) is 30.3 Å². The summed E-state index contributed by atoms with van der Waals surface area (Å²) in [5, 5.41) is 0. The van der Waals surface area contributed by atoms with Crippen LogP contribution in [0, 0.1) is 0 Å². The molecule has 1 amide bonds. The molecule has 0 unspecified atom stereocenters. The predicted molar refractivity (Wildman–Crippen MR) is 79.0 cm³/mol. The van der Waals surface area contributed by atoms with Crippen molar-refractivity contribution in [2.75, 3.05) is 13.7 Å². The lowest BCUT2D eigenvalue weighted by Gasteiger charge is -2.21. The molecule has 1 aliphatic heterocycles. The molecule has 0 saturated carbocycles. The summed E-state index contributed by atoms with van der Waals surface area (Å²) in [5.74, 6) is -0.463. The number of hydrogen-bond donors (Lipinski definition) is 1. The van der Waals surface area contributed by atoms with Gasteiger partial charge in [-0.25, -0.2) is 9.59 Å². The third-order valence-corrected chi connectivity index (χ3v) is 3.25. The number of rotatable bonds is 3. The van der Waals surface area contributed by atoms with Crippen molar-refractivity contribution in [3.05, 3.63) is 35.9 Å². The number of benzene rings is 1. The van der Waals surface area contributed by atoms with Crippen LogP contribution in [0.3, 0.4) is 0 Å². The van der Waals surface area contributed by atoms with Crippen molar-refractivity contribution in [2.24, 2.45) is 5.73 Å². The largest absolute Gasteiger partial charge is 0.467 e. The van der Waals surface area contributed by atoms with Gasteiger partial charge in [-0.3, -0.25) is 4.90 Å². The number of amides is 1. The average molecular weight is 315 g/mol. The molecule has 6 nitrogen and oxygen atoms in total. The quantitative estimate of drug-likeness (QED) is 0.851. The molecule has 0 aromatic heterocycles. The molecule has 0 spiro atoms. The highest BCUT2D eigenvalue weighted by molar-refractivity contribution is 5.85. The first-order valence-electron chi connectivity index (χ1n) is 6.42. The van der Waals surface area contributed by atoms with Crippen molar-refractivity contribution < 1.29 is 19.1 Å². The Hall–Kier alpha value is -1.79. The van der Waals surface area contributed by atoms with Crippen LogP contribution in [0.4, 0.5) is 4.79 Å². The first-order chi connectivity index (χ1) is 9.61. The molecule has 0 aliphatic carbocycles. The van der Waals surface area contributed by atoms with Crippen molar-refractivity contribution in [1.82, 2.24) is 4.90 Å². The maximum atomic E-state index is 12.0. The number of carbonyl (C=O) groups is 2. The Kier molecular flexibility index (Phi) is 6.45. The molecule has 116 valence electrons. The van der Waals surface area contributed by atoms with Crippen LogP contribution in [0.25, 0.3) is 0 Å². The molecule has 1 aliphatic rings. The second-order valence-corrected chi connectivity index (χ2v) is 4.73. The van der Waals surface area contributed by atoms with Crippen molar-refractivity contribution in [1.29, 1.82) is 0 Å². The fourth-order valence-electron chi connectivity index (χ4n) is 2.23. The number of methoxy groups -OCH3 is 1.